The highest BCUT2D eigenvalue weighted by Crippen LogP contribution is 2.33. The minimum absolute atomic E-state index is 0.795. The number of benzene rings is 1. The molecule has 0 unspecified atom stereocenters. The monoisotopic (exact) mass is 312 g/mol. The fraction of sp³-hybridized carbons (Fsp3) is 0.600. The Morgan fingerprint density at radius 1 is 1.28 bits per heavy atom. The largest absolute Gasteiger partial charge is 0.493 e. The van der Waals surface area contributed by atoms with Gasteiger partial charge in [-0.15, -0.1) is 0 Å². The third-order valence-corrected chi connectivity index (χ3v) is 4.28. The second-order valence-corrected chi connectivity index (χ2v) is 5.43. The van der Waals surface area contributed by atoms with E-state index in [0.29, 0.717) is 0 Å². The molecule has 0 heterocycles. The number of rotatable bonds is 6. The standard InChI is InChI=1S/C15H21BrO2/c1-17-14-8-4-7-13(11-16)15(14)18-10-9-12-5-2-3-6-12/h4,7-8,12H,2-3,5-6,9-11H2,1H3. The number of methoxy groups -OCH3 is 1. The van der Waals surface area contributed by atoms with E-state index in [1.165, 1.54) is 32.1 Å². The molecule has 2 rings (SSSR count). The van der Waals surface area contributed by atoms with Gasteiger partial charge in [0.25, 0.3) is 0 Å². The Labute approximate surface area is 118 Å². The van der Waals surface area contributed by atoms with E-state index in [9.17, 15) is 0 Å². The average molecular weight is 313 g/mol. The van der Waals surface area contributed by atoms with Crippen molar-refractivity contribution in [3.63, 3.8) is 0 Å². The van der Waals surface area contributed by atoms with Crippen LogP contribution in [0.15, 0.2) is 18.2 Å². The average Bonchev–Trinajstić information content (AvgIpc) is 2.92. The number of ether oxygens (including phenoxy) is 2. The van der Waals surface area contributed by atoms with E-state index in [4.69, 9.17) is 9.47 Å². The van der Waals surface area contributed by atoms with Crippen LogP contribution >= 0.6 is 15.9 Å². The van der Waals surface area contributed by atoms with Gasteiger partial charge in [0.05, 0.1) is 13.7 Å². The zero-order valence-electron chi connectivity index (χ0n) is 11.0. The van der Waals surface area contributed by atoms with Crippen LogP contribution in [0.25, 0.3) is 0 Å². The Kier molecular flexibility index (Phi) is 5.36. The highest BCUT2D eigenvalue weighted by Gasteiger charge is 2.16. The van der Waals surface area contributed by atoms with E-state index in [0.717, 1.165) is 34.9 Å². The first-order valence-electron chi connectivity index (χ1n) is 6.69. The Hall–Kier alpha value is -0.700. The molecule has 0 saturated heterocycles. The van der Waals surface area contributed by atoms with Gasteiger partial charge >= 0.3 is 0 Å². The highest BCUT2D eigenvalue weighted by molar-refractivity contribution is 9.08. The number of hydrogen-bond acceptors (Lipinski definition) is 2. The lowest BCUT2D eigenvalue weighted by Gasteiger charge is -2.15. The number of hydrogen-bond donors (Lipinski definition) is 0. The fourth-order valence-electron chi connectivity index (χ4n) is 2.62. The number of para-hydroxylation sites is 1. The van der Waals surface area contributed by atoms with E-state index >= 15 is 0 Å². The second-order valence-electron chi connectivity index (χ2n) is 4.87. The lowest BCUT2D eigenvalue weighted by Crippen LogP contribution is -2.06. The van der Waals surface area contributed by atoms with Gasteiger partial charge in [0.1, 0.15) is 0 Å². The SMILES string of the molecule is COc1cccc(CBr)c1OCCC1CCCC1. The molecule has 100 valence electrons. The first-order chi connectivity index (χ1) is 8.85. The fourth-order valence-corrected chi connectivity index (χ4v) is 3.06. The van der Waals surface area contributed by atoms with Gasteiger partial charge in [-0.3, -0.25) is 0 Å². The van der Waals surface area contributed by atoms with Crippen molar-refractivity contribution in [1.29, 1.82) is 0 Å². The van der Waals surface area contributed by atoms with Crippen LogP contribution in [-0.4, -0.2) is 13.7 Å². The predicted molar refractivity (Wildman–Crippen MR) is 77.7 cm³/mol. The molecule has 1 aromatic rings. The molecule has 0 atom stereocenters. The predicted octanol–water partition coefficient (Wildman–Crippen LogP) is 4.55. The molecule has 1 aromatic carbocycles. The maximum absolute atomic E-state index is 5.96. The normalized spacial score (nSPS) is 15.9. The van der Waals surface area contributed by atoms with Gasteiger partial charge in [0.15, 0.2) is 11.5 Å². The van der Waals surface area contributed by atoms with E-state index in [-0.39, 0.29) is 0 Å². The summed E-state index contributed by atoms with van der Waals surface area (Å²) < 4.78 is 11.3. The molecular weight excluding hydrogens is 292 g/mol. The van der Waals surface area contributed by atoms with Crippen molar-refractivity contribution < 1.29 is 9.47 Å². The maximum Gasteiger partial charge on any atom is 0.165 e. The van der Waals surface area contributed by atoms with Crippen LogP contribution in [0.4, 0.5) is 0 Å². The first-order valence-corrected chi connectivity index (χ1v) is 7.82. The van der Waals surface area contributed by atoms with Crippen molar-refractivity contribution in [2.75, 3.05) is 13.7 Å². The maximum atomic E-state index is 5.96. The lowest BCUT2D eigenvalue weighted by molar-refractivity contribution is 0.263. The van der Waals surface area contributed by atoms with E-state index in [2.05, 4.69) is 22.0 Å². The molecule has 0 radical (unpaired) electrons. The summed E-state index contributed by atoms with van der Waals surface area (Å²) in [4.78, 5) is 0. The van der Waals surface area contributed by atoms with Gasteiger partial charge in [0.2, 0.25) is 0 Å². The molecule has 1 aliphatic rings. The molecule has 0 aliphatic heterocycles. The van der Waals surface area contributed by atoms with Crippen LogP contribution in [0.3, 0.4) is 0 Å². The van der Waals surface area contributed by atoms with Crippen molar-refractivity contribution in [2.24, 2.45) is 5.92 Å². The minimum atomic E-state index is 0.795. The van der Waals surface area contributed by atoms with E-state index < -0.39 is 0 Å². The summed E-state index contributed by atoms with van der Waals surface area (Å²) in [6.45, 7) is 0.797. The van der Waals surface area contributed by atoms with Crippen LogP contribution in [0, 0.1) is 5.92 Å². The Morgan fingerprint density at radius 3 is 2.72 bits per heavy atom. The van der Waals surface area contributed by atoms with Crippen LogP contribution in [0.2, 0.25) is 0 Å². The van der Waals surface area contributed by atoms with Gasteiger partial charge in [-0.05, 0) is 18.4 Å². The Morgan fingerprint density at radius 2 is 2.06 bits per heavy atom. The molecule has 1 fully saturated rings. The minimum Gasteiger partial charge on any atom is -0.493 e. The molecular formula is C15H21BrO2. The van der Waals surface area contributed by atoms with Gasteiger partial charge in [-0.25, -0.2) is 0 Å². The number of halogens is 1. The lowest BCUT2D eigenvalue weighted by atomic mass is 10.1. The number of alkyl halides is 1. The Bertz CT molecular complexity index is 351. The van der Waals surface area contributed by atoms with Crippen molar-refractivity contribution in [2.45, 2.75) is 37.4 Å². The van der Waals surface area contributed by atoms with Crippen molar-refractivity contribution >= 4 is 15.9 Å². The topological polar surface area (TPSA) is 18.5 Å². The van der Waals surface area contributed by atoms with Crippen molar-refractivity contribution in [1.82, 2.24) is 0 Å². The van der Waals surface area contributed by atoms with Crippen molar-refractivity contribution in [3.05, 3.63) is 23.8 Å². The molecule has 0 bridgehead atoms. The zero-order valence-corrected chi connectivity index (χ0v) is 12.5. The van der Waals surface area contributed by atoms with Crippen LogP contribution in [-0.2, 0) is 5.33 Å². The van der Waals surface area contributed by atoms with Crippen LogP contribution < -0.4 is 9.47 Å². The molecule has 1 aliphatic carbocycles. The van der Waals surface area contributed by atoms with Crippen LogP contribution in [0.5, 0.6) is 11.5 Å². The summed E-state index contributed by atoms with van der Waals surface area (Å²) in [7, 11) is 1.69. The Balaban J connectivity index is 1.94. The molecule has 0 amide bonds. The van der Waals surface area contributed by atoms with Gasteiger partial charge < -0.3 is 9.47 Å². The van der Waals surface area contributed by atoms with Crippen LogP contribution in [0.1, 0.15) is 37.7 Å². The third-order valence-electron chi connectivity index (χ3n) is 3.67. The third kappa shape index (κ3) is 3.41. The molecule has 1 saturated carbocycles. The first kappa shape index (κ1) is 13.7. The molecule has 0 N–H and O–H groups in total. The highest BCUT2D eigenvalue weighted by atomic mass is 79.9. The van der Waals surface area contributed by atoms with Crippen molar-refractivity contribution in [3.8, 4) is 11.5 Å². The molecule has 0 aromatic heterocycles. The van der Waals surface area contributed by atoms with E-state index in [1.54, 1.807) is 7.11 Å². The zero-order chi connectivity index (χ0) is 12.8. The molecule has 18 heavy (non-hydrogen) atoms. The summed E-state index contributed by atoms with van der Waals surface area (Å²) in [6, 6.07) is 6.03. The van der Waals surface area contributed by atoms with E-state index in [1.807, 2.05) is 12.1 Å². The summed E-state index contributed by atoms with van der Waals surface area (Å²) in [5.74, 6) is 2.60. The summed E-state index contributed by atoms with van der Waals surface area (Å²) in [5.41, 5.74) is 1.15. The molecule has 0 spiro atoms. The van der Waals surface area contributed by atoms with Gasteiger partial charge in [0, 0.05) is 10.9 Å². The second kappa shape index (κ2) is 7.03. The molecule has 2 nitrogen and oxygen atoms in total. The molecule has 3 heteroatoms. The summed E-state index contributed by atoms with van der Waals surface area (Å²) in [5, 5.41) is 0.795. The van der Waals surface area contributed by atoms with Gasteiger partial charge in [-0.2, -0.15) is 0 Å². The quantitative estimate of drug-likeness (QED) is 0.717. The smallest absolute Gasteiger partial charge is 0.165 e. The summed E-state index contributed by atoms with van der Waals surface area (Å²) >= 11 is 3.49. The summed E-state index contributed by atoms with van der Waals surface area (Å²) in [6.07, 6.45) is 6.71. The van der Waals surface area contributed by atoms with Gasteiger partial charge in [-0.1, -0.05) is 53.7 Å².